The van der Waals surface area contributed by atoms with Gasteiger partial charge in [-0.05, 0) is 57.3 Å². The van der Waals surface area contributed by atoms with E-state index in [0.717, 1.165) is 31.6 Å². The minimum Gasteiger partial charge on any atom is -0.392 e. The summed E-state index contributed by atoms with van der Waals surface area (Å²) in [5.41, 5.74) is -0.371. The third kappa shape index (κ3) is 75.5. The van der Waals surface area contributed by atoms with Gasteiger partial charge in [0.05, 0.1) is 12.2 Å². The number of hydrogen-bond donors (Lipinski definition) is 1. The fraction of sp³-hybridized carbons (Fsp3) is 0.967. The molecule has 0 aliphatic heterocycles. The highest BCUT2D eigenvalue weighted by Crippen LogP contribution is 2.30. The fourth-order valence-corrected chi connectivity index (χ4v) is 14.9. The monoisotopic (exact) mass is 1320 g/mol. The van der Waals surface area contributed by atoms with Gasteiger partial charge >= 0.3 is 0 Å². The maximum atomic E-state index is 13.3. The minimum absolute atomic E-state index is 0.178. The summed E-state index contributed by atoms with van der Waals surface area (Å²) >= 11 is 0. The van der Waals surface area contributed by atoms with Crippen LogP contribution in [0.4, 0.5) is 0 Å². The van der Waals surface area contributed by atoms with E-state index in [1.54, 1.807) is 0 Å². The van der Waals surface area contributed by atoms with Gasteiger partial charge in [-0.25, -0.2) is 0 Å². The summed E-state index contributed by atoms with van der Waals surface area (Å²) in [4.78, 5) is 13.3. The molecule has 3 nitrogen and oxygen atoms in total. The SMILES string of the molecule is CCCCCC/C=C/CCCCCCCCCCCCCCCCCCCC(O)C(CCCCCCCCCCCCCCCCCCCCC)C(=O)C(C)(C)C.CCCCCCCCCCCCCCCCCCCC(C)C(CCCCCCCCCCCCC)OC. The zero-order valence-corrected chi connectivity index (χ0v) is 67.1. The van der Waals surface area contributed by atoms with E-state index in [4.69, 9.17) is 4.74 Å². The summed E-state index contributed by atoms with van der Waals surface area (Å²) < 4.78 is 5.89. The van der Waals surface area contributed by atoms with Gasteiger partial charge < -0.3 is 9.84 Å². The van der Waals surface area contributed by atoms with Gasteiger partial charge in [0.15, 0.2) is 0 Å². The second-order valence-electron chi connectivity index (χ2n) is 32.4. The summed E-state index contributed by atoms with van der Waals surface area (Å²) in [7, 11) is 1.94. The van der Waals surface area contributed by atoms with E-state index in [1.165, 1.54) is 449 Å². The van der Waals surface area contributed by atoms with Crippen molar-refractivity contribution in [1.29, 1.82) is 0 Å². The van der Waals surface area contributed by atoms with Crippen LogP contribution in [0, 0.1) is 17.3 Å². The lowest BCUT2D eigenvalue weighted by Gasteiger charge is -2.28. The van der Waals surface area contributed by atoms with Crippen molar-refractivity contribution in [1.82, 2.24) is 0 Å². The molecule has 0 aliphatic carbocycles. The maximum Gasteiger partial charge on any atom is 0.143 e. The summed E-state index contributed by atoms with van der Waals surface area (Å²) in [5, 5.41) is 11.2. The molecule has 564 valence electrons. The van der Waals surface area contributed by atoms with Crippen molar-refractivity contribution < 1.29 is 14.6 Å². The second-order valence-corrected chi connectivity index (χ2v) is 32.4. The largest absolute Gasteiger partial charge is 0.392 e. The number of ketones is 1. The number of Topliss-reactive ketones (excluding diaryl/α,β-unsaturated/α-hetero) is 1. The maximum absolute atomic E-state index is 13.3. The van der Waals surface area contributed by atoms with Gasteiger partial charge in [-0.15, -0.1) is 0 Å². The lowest BCUT2D eigenvalue weighted by molar-refractivity contribution is -0.134. The average Bonchev–Trinajstić information content (AvgIpc) is 0.961. The van der Waals surface area contributed by atoms with Crippen LogP contribution in [0.3, 0.4) is 0 Å². The Labute approximate surface area is 596 Å². The molecule has 0 saturated heterocycles. The van der Waals surface area contributed by atoms with Gasteiger partial charge in [0.1, 0.15) is 5.78 Å². The molecule has 0 saturated carbocycles. The Morgan fingerprint density at radius 3 is 0.713 bits per heavy atom. The number of carbonyl (C=O) groups excluding carboxylic acids is 1. The molecular formula is C91H182O3. The average molecular weight is 1320 g/mol. The minimum atomic E-state index is -0.463. The number of rotatable bonds is 79. The van der Waals surface area contributed by atoms with Crippen molar-refractivity contribution in [2.24, 2.45) is 17.3 Å². The summed E-state index contributed by atoms with van der Waals surface area (Å²) in [5.74, 6) is 0.822. The van der Waals surface area contributed by atoms with Crippen LogP contribution in [-0.2, 0) is 9.53 Å². The zero-order chi connectivity index (χ0) is 68.8. The third-order valence-corrected chi connectivity index (χ3v) is 21.7. The molecule has 0 radical (unpaired) electrons. The number of hydrogen-bond acceptors (Lipinski definition) is 3. The lowest BCUT2D eigenvalue weighted by atomic mass is 9.77. The van der Waals surface area contributed by atoms with Crippen molar-refractivity contribution in [3.05, 3.63) is 12.2 Å². The van der Waals surface area contributed by atoms with Crippen molar-refractivity contribution >= 4 is 5.78 Å². The molecule has 0 aromatic heterocycles. The number of unbranched alkanes of at least 4 members (excludes halogenated alkanes) is 65. The molecule has 0 heterocycles. The second kappa shape index (κ2) is 81.3. The van der Waals surface area contributed by atoms with Gasteiger partial charge in [-0.2, -0.15) is 0 Å². The molecule has 4 atom stereocenters. The van der Waals surface area contributed by atoms with Gasteiger partial charge in [0, 0.05) is 18.4 Å². The molecule has 0 bridgehead atoms. The number of allylic oxidation sites excluding steroid dienone is 2. The molecule has 0 rings (SSSR count). The highest BCUT2D eigenvalue weighted by Gasteiger charge is 2.33. The number of aliphatic hydroxyl groups excluding tert-OH is 1. The molecule has 0 aromatic carbocycles. The van der Waals surface area contributed by atoms with E-state index in [9.17, 15) is 9.90 Å². The Hall–Kier alpha value is -0.670. The van der Waals surface area contributed by atoms with E-state index in [1.807, 2.05) is 27.9 Å². The standard InChI is InChI=1S/C55H108O2.C36H74O/c1-6-8-10-12-14-16-18-20-22-24-26-27-28-29-30-31-33-35-37-39-41-43-45-47-49-51-53(56)52(54(57)55(3,4)5)50-48-46-44-42-40-38-36-34-32-25-23-21-19-17-15-13-11-9-7-2;1-5-7-9-11-13-15-17-18-19-20-21-22-24-25-27-29-31-33-35(3)36(37-4)34-32-30-28-26-23-16-14-12-10-8-6-2/h16,18,52-53,56H,6-15,17,19-51H2,1-5H3;35-36H,5-34H2,1-4H3/b18-16+;. The molecule has 0 fully saturated rings. The van der Waals surface area contributed by atoms with E-state index < -0.39 is 6.10 Å². The highest BCUT2D eigenvalue weighted by atomic mass is 16.5. The van der Waals surface area contributed by atoms with Crippen LogP contribution in [0.1, 0.15) is 531 Å². The predicted octanol–water partition coefficient (Wildman–Crippen LogP) is 32.7. The van der Waals surface area contributed by atoms with E-state index in [2.05, 4.69) is 46.8 Å². The molecule has 4 unspecified atom stereocenters. The lowest BCUT2D eigenvalue weighted by Crippen LogP contribution is -2.36. The van der Waals surface area contributed by atoms with Crippen molar-refractivity contribution in [3.8, 4) is 0 Å². The Bertz CT molecular complexity index is 1400. The predicted molar refractivity (Wildman–Crippen MR) is 427 cm³/mol. The molecule has 0 amide bonds. The van der Waals surface area contributed by atoms with Gasteiger partial charge in [0.2, 0.25) is 0 Å². The van der Waals surface area contributed by atoms with Gasteiger partial charge in [0.25, 0.3) is 0 Å². The van der Waals surface area contributed by atoms with Crippen LogP contribution < -0.4 is 0 Å². The Morgan fingerprint density at radius 1 is 0.287 bits per heavy atom. The van der Waals surface area contributed by atoms with Crippen LogP contribution in [0.25, 0.3) is 0 Å². The first-order valence-electron chi connectivity index (χ1n) is 44.5. The van der Waals surface area contributed by atoms with Crippen LogP contribution in [0.2, 0.25) is 0 Å². The van der Waals surface area contributed by atoms with Gasteiger partial charge in [-0.1, -0.05) is 491 Å². The number of aliphatic hydroxyl groups is 1. The zero-order valence-electron chi connectivity index (χ0n) is 67.1. The van der Waals surface area contributed by atoms with Crippen molar-refractivity contribution in [2.45, 2.75) is 543 Å². The van der Waals surface area contributed by atoms with Crippen LogP contribution in [0.15, 0.2) is 12.2 Å². The summed E-state index contributed by atoms with van der Waals surface area (Å²) in [6.45, 7) is 17.7. The molecule has 0 aliphatic rings. The Morgan fingerprint density at radius 2 is 0.479 bits per heavy atom. The molecule has 1 N–H and O–H groups in total. The number of ether oxygens (including phenoxy) is 1. The molecule has 0 spiro atoms. The highest BCUT2D eigenvalue weighted by molar-refractivity contribution is 5.86. The topological polar surface area (TPSA) is 46.5 Å². The summed E-state index contributed by atoms with van der Waals surface area (Å²) in [6, 6.07) is 0. The fourth-order valence-electron chi connectivity index (χ4n) is 14.9. The van der Waals surface area contributed by atoms with Crippen LogP contribution >= 0.6 is 0 Å². The number of carbonyl (C=O) groups is 1. The first-order valence-corrected chi connectivity index (χ1v) is 44.5. The van der Waals surface area contributed by atoms with E-state index in [-0.39, 0.29) is 17.1 Å². The third-order valence-electron chi connectivity index (χ3n) is 21.7. The first kappa shape index (κ1) is 95.4. The van der Waals surface area contributed by atoms with Crippen LogP contribution in [-0.4, -0.2) is 30.2 Å². The van der Waals surface area contributed by atoms with Gasteiger partial charge in [-0.3, -0.25) is 4.79 Å². The first-order chi connectivity index (χ1) is 46.1. The van der Waals surface area contributed by atoms with Crippen molar-refractivity contribution in [2.75, 3.05) is 7.11 Å². The molecule has 3 heteroatoms. The normalized spacial score (nSPS) is 13.3. The Balaban J connectivity index is 0. The van der Waals surface area contributed by atoms with E-state index in [0.29, 0.717) is 6.10 Å². The quantitative estimate of drug-likeness (QED) is 0.0488. The summed E-state index contributed by atoms with van der Waals surface area (Å²) in [6.07, 6.45) is 107. The number of methoxy groups -OCH3 is 1. The molecule has 0 aromatic rings. The Kier molecular flexibility index (Phi) is 82.5. The molecule has 94 heavy (non-hydrogen) atoms. The van der Waals surface area contributed by atoms with Crippen molar-refractivity contribution in [3.63, 3.8) is 0 Å². The van der Waals surface area contributed by atoms with E-state index >= 15 is 0 Å². The molecular weight excluding hydrogens is 1140 g/mol. The van der Waals surface area contributed by atoms with Crippen LogP contribution in [0.5, 0.6) is 0 Å². The smallest absolute Gasteiger partial charge is 0.143 e.